The second kappa shape index (κ2) is 6.87. The molecule has 2 saturated heterocycles. The molecule has 6 heteroatoms. The number of fused-ring (bicyclic) bond motifs is 4. The molecule has 0 radical (unpaired) electrons. The van der Waals surface area contributed by atoms with Crippen molar-refractivity contribution in [3.8, 4) is 0 Å². The molecule has 4 unspecified atom stereocenters. The quantitative estimate of drug-likeness (QED) is 0.635. The Morgan fingerprint density at radius 3 is 2.19 bits per heavy atom. The fraction of sp³-hybridized carbons (Fsp3) is 0.192. The number of anilines is 1. The molecule has 0 aromatic heterocycles. The normalized spacial score (nSPS) is 28.2. The van der Waals surface area contributed by atoms with Crippen molar-refractivity contribution in [2.45, 2.75) is 18.1 Å². The average Bonchev–Trinajstić information content (AvgIpc) is 3.41. The van der Waals surface area contributed by atoms with Crippen LogP contribution in [0.3, 0.4) is 0 Å². The Kier molecular flexibility index (Phi) is 4.07. The van der Waals surface area contributed by atoms with E-state index in [4.69, 9.17) is 0 Å². The highest BCUT2D eigenvalue weighted by molar-refractivity contribution is 6.15. The van der Waals surface area contributed by atoms with Gasteiger partial charge < -0.3 is 5.32 Å². The number of benzene rings is 3. The van der Waals surface area contributed by atoms with Crippen molar-refractivity contribution >= 4 is 23.4 Å². The topological polar surface area (TPSA) is 78.5 Å². The Labute approximate surface area is 185 Å². The number of rotatable bonds is 3. The van der Waals surface area contributed by atoms with Gasteiger partial charge in [-0.15, -0.1) is 0 Å². The molecule has 3 aromatic rings. The van der Waals surface area contributed by atoms with Gasteiger partial charge in [-0.1, -0.05) is 78.9 Å². The van der Waals surface area contributed by atoms with Gasteiger partial charge in [0.2, 0.25) is 17.7 Å². The Bertz CT molecular complexity index is 1240. The van der Waals surface area contributed by atoms with Gasteiger partial charge in [0.1, 0.15) is 5.54 Å². The number of imide groups is 1. The number of amides is 3. The summed E-state index contributed by atoms with van der Waals surface area (Å²) >= 11 is 0. The molecule has 2 fully saturated rings. The Balaban J connectivity index is 1.50. The lowest BCUT2D eigenvalue weighted by Crippen LogP contribution is -2.51. The second-order valence-corrected chi connectivity index (χ2v) is 8.59. The molecule has 3 heterocycles. The van der Waals surface area contributed by atoms with Gasteiger partial charge in [-0.3, -0.25) is 24.6 Å². The summed E-state index contributed by atoms with van der Waals surface area (Å²) in [6.07, 6.45) is 0. The first-order valence-electron chi connectivity index (χ1n) is 10.7. The van der Waals surface area contributed by atoms with Crippen molar-refractivity contribution in [1.82, 2.24) is 10.2 Å². The first-order valence-corrected chi connectivity index (χ1v) is 10.7. The number of hydrogen-bond acceptors (Lipinski definition) is 4. The molecule has 0 aliphatic carbocycles. The van der Waals surface area contributed by atoms with Crippen LogP contribution in [0.25, 0.3) is 0 Å². The molecule has 2 N–H and O–H groups in total. The van der Waals surface area contributed by atoms with Crippen molar-refractivity contribution in [3.63, 3.8) is 0 Å². The van der Waals surface area contributed by atoms with Gasteiger partial charge in [-0.2, -0.15) is 0 Å². The number of carbonyl (C=O) groups excluding carboxylic acids is 3. The molecular formula is C26H21N3O3. The first kappa shape index (κ1) is 19.0. The summed E-state index contributed by atoms with van der Waals surface area (Å²) < 4.78 is 0. The number of nitrogens with one attached hydrogen (secondary N) is 2. The van der Waals surface area contributed by atoms with Gasteiger partial charge >= 0.3 is 0 Å². The minimum atomic E-state index is -1.28. The number of para-hydroxylation sites is 1. The van der Waals surface area contributed by atoms with Crippen LogP contribution in [0.2, 0.25) is 0 Å². The summed E-state index contributed by atoms with van der Waals surface area (Å²) in [6.45, 7) is 0.201. The number of carbonyl (C=O) groups is 3. The summed E-state index contributed by atoms with van der Waals surface area (Å²) in [5, 5.41) is 6.39. The van der Waals surface area contributed by atoms with E-state index >= 15 is 0 Å². The van der Waals surface area contributed by atoms with E-state index in [0.29, 0.717) is 5.69 Å². The molecule has 3 aromatic carbocycles. The lowest BCUT2D eigenvalue weighted by Gasteiger charge is -2.29. The molecule has 0 saturated carbocycles. The predicted octanol–water partition coefficient (Wildman–Crippen LogP) is 2.98. The summed E-state index contributed by atoms with van der Waals surface area (Å²) in [6, 6.07) is 26.0. The van der Waals surface area contributed by atoms with E-state index in [-0.39, 0.29) is 24.3 Å². The predicted molar refractivity (Wildman–Crippen MR) is 118 cm³/mol. The zero-order chi connectivity index (χ0) is 21.9. The van der Waals surface area contributed by atoms with E-state index in [2.05, 4.69) is 10.6 Å². The molecule has 4 atom stereocenters. The highest BCUT2D eigenvalue weighted by atomic mass is 16.2. The van der Waals surface area contributed by atoms with Gasteiger partial charge in [0.05, 0.1) is 18.4 Å². The molecule has 1 spiro atoms. The minimum absolute atomic E-state index is 0.201. The average molecular weight is 423 g/mol. The Morgan fingerprint density at radius 1 is 0.781 bits per heavy atom. The van der Waals surface area contributed by atoms with Gasteiger partial charge in [-0.25, -0.2) is 0 Å². The van der Waals surface area contributed by atoms with Crippen molar-refractivity contribution in [2.75, 3.05) is 5.32 Å². The number of nitrogens with zero attached hydrogens (tertiary/aromatic N) is 1. The third kappa shape index (κ3) is 2.47. The van der Waals surface area contributed by atoms with Crippen molar-refractivity contribution < 1.29 is 14.4 Å². The summed E-state index contributed by atoms with van der Waals surface area (Å²) in [5.41, 5.74) is 1.89. The van der Waals surface area contributed by atoms with E-state index in [1.54, 1.807) is 0 Å². The van der Waals surface area contributed by atoms with Crippen LogP contribution in [0.4, 0.5) is 5.69 Å². The largest absolute Gasteiger partial charge is 0.324 e. The van der Waals surface area contributed by atoms with E-state index < -0.39 is 23.4 Å². The van der Waals surface area contributed by atoms with Crippen LogP contribution in [-0.2, 0) is 26.5 Å². The highest BCUT2D eigenvalue weighted by Crippen LogP contribution is 2.56. The maximum Gasteiger partial charge on any atom is 0.250 e. The molecule has 158 valence electrons. The summed E-state index contributed by atoms with van der Waals surface area (Å²) in [5.74, 6) is -2.30. The SMILES string of the molecule is O=C1C2C(c3ccccc3)NC3(C(=O)Nc4ccccc43)C2C(=O)N1Cc1ccccc1. The maximum atomic E-state index is 13.8. The lowest BCUT2D eigenvalue weighted by molar-refractivity contribution is -0.143. The van der Waals surface area contributed by atoms with Crippen molar-refractivity contribution in [3.05, 3.63) is 102 Å². The molecule has 0 bridgehead atoms. The maximum absolute atomic E-state index is 13.8. The standard InChI is InChI=1S/C26H21N3O3/c30-23-20-21(24(31)29(23)15-16-9-3-1-4-10-16)26(28-22(20)17-11-5-2-6-12-17)18-13-7-8-14-19(18)27-25(26)32/h1-14,20-22,28H,15H2,(H,27,32). The summed E-state index contributed by atoms with van der Waals surface area (Å²) in [7, 11) is 0. The number of hydrogen-bond donors (Lipinski definition) is 2. The lowest BCUT2D eigenvalue weighted by atomic mass is 9.76. The smallest absolute Gasteiger partial charge is 0.250 e. The highest BCUT2D eigenvalue weighted by Gasteiger charge is 2.70. The van der Waals surface area contributed by atoms with Crippen molar-refractivity contribution in [2.24, 2.45) is 11.8 Å². The van der Waals surface area contributed by atoms with Crippen LogP contribution in [-0.4, -0.2) is 22.6 Å². The van der Waals surface area contributed by atoms with Crippen LogP contribution in [0.5, 0.6) is 0 Å². The number of likely N-dealkylation sites (tertiary alicyclic amines) is 1. The third-order valence-electron chi connectivity index (χ3n) is 6.95. The van der Waals surface area contributed by atoms with Crippen LogP contribution in [0.1, 0.15) is 22.7 Å². The Hall–Kier alpha value is -3.77. The molecule has 32 heavy (non-hydrogen) atoms. The fourth-order valence-electron chi connectivity index (χ4n) is 5.57. The summed E-state index contributed by atoms with van der Waals surface area (Å²) in [4.78, 5) is 42.2. The molecule has 3 aliphatic rings. The molecular weight excluding hydrogens is 402 g/mol. The monoisotopic (exact) mass is 423 g/mol. The second-order valence-electron chi connectivity index (χ2n) is 8.59. The van der Waals surface area contributed by atoms with Gasteiger partial charge in [0.15, 0.2) is 0 Å². The molecule has 6 rings (SSSR count). The fourth-order valence-corrected chi connectivity index (χ4v) is 5.57. The van der Waals surface area contributed by atoms with E-state index in [9.17, 15) is 14.4 Å². The third-order valence-corrected chi connectivity index (χ3v) is 6.95. The van der Waals surface area contributed by atoms with Crippen molar-refractivity contribution in [1.29, 1.82) is 0 Å². The van der Waals surface area contributed by atoms with Crippen LogP contribution in [0.15, 0.2) is 84.9 Å². The zero-order valence-corrected chi connectivity index (χ0v) is 17.2. The van der Waals surface area contributed by atoms with Gasteiger partial charge in [-0.05, 0) is 17.2 Å². The van der Waals surface area contributed by atoms with E-state index in [0.717, 1.165) is 16.7 Å². The first-order chi connectivity index (χ1) is 15.6. The molecule has 3 aliphatic heterocycles. The van der Waals surface area contributed by atoms with Gasteiger partial charge in [0, 0.05) is 17.3 Å². The van der Waals surface area contributed by atoms with Gasteiger partial charge in [0.25, 0.3) is 0 Å². The molecule has 3 amide bonds. The zero-order valence-electron chi connectivity index (χ0n) is 17.2. The van der Waals surface area contributed by atoms with Crippen LogP contribution < -0.4 is 10.6 Å². The van der Waals surface area contributed by atoms with Crippen LogP contribution in [0, 0.1) is 11.8 Å². The molecule has 6 nitrogen and oxygen atoms in total. The van der Waals surface area contributed by atoms with E-state index in [1.165, 1.54) is 4.90 Å². The Morgan fingerprint density at radius 2 is 1.44 bits per heavy atom. The minimum Gasteiger partial charge on any atom is -0.324 e. The van der Waals surface area contributed by atoms with Crippen LogP contribution >= 0.6 is 0 Å². The van der Waals surface area contributed by atoms with E-state index in [1.807, 2.05) is 84.9 Å².